The molecular formula is C81H152N3O18P. The van der Waals surface area contributed by atoms with E-state index in [-0.39, 0.29) is 25.7 Å². The van der Waals surface area contributed by atoms with E-state index in [9.17, 15) is 53.0 Å². The van der Waals surface area contributed by atoms with E-state index >= 15 is 0 Å². The lowest BCUT2D eigenvalue weighted by molar-refractivity contribution is -0.271. The predicted molar refractivity (Wildman–Crippen MR) is 408 cm³/mol. The second kappa shape index (κ2) is 66.6. The summed E-state index contributed by atoms with van der Waals surface area (Å²) in [4.78, 5) is 118. The molecule has 21 nitrogen and oxygen atoms in total. The summed E-state index contributed by atoms with van der Waals surface area (Å²) in [6, 6.07) is -3.33. The predicted octanol–water partition coefficient (Wildman–Crippen LogP) is 18.7. The monoisotopic (exact) mass is 1490 g/mol. The van der Waals surface area contributed by atoms with Crippen molar-refractivity contribution in [2.24, 2.45) is 5.73 Å². The van der Waals surface area contributed by atoms with Gasteiger partial charge in [-0.15, -0.1) is 0 Å². The van der Waals surface area contributed by atoms with Crippen LogP contribution in [-0.4, -0.2) is 125 Å². The molecule has 1 aliphatic rings. The first-order valence-electron chi connectivity index (χ1n) is 42.1. The Kier molecular flexibility index (Phi) is 63.0. The lowest BCUT2D eigenvalue weighted by atomic mass is 9.95. The van der Waals surface area contributed by atoms with Crippen LogP contribution >= 0.6 is 7.82 Å². The molecule has 1 fully saturated rings. The van der Waals surface area contributed by atoms with Gasteiger partial charge in [0.05, 0.1) is 32.5 Å². The number of hydrogen-bond acceptors (Lipinski definition) is 17. The second-order valence-electron chi connectivity index (χ2n) is 29.6. The van der Waals surface area contributed by atoms with Crippen LogP contribution in [0, 0.1) is 0 Å². The SMILES string of the molecule is CCCCCCCCCCC[C@H](CC(=O)NC(=O)[C@@H](N)CO[C@@H]1O[C@H](CO)[C@@H](OP(=O)(O)O)[C@H](OC(=O)C[C@@H](CCCCCCCCCCC)OC(=O)CCCCCCCCC)[C@H]1NC(=O)C[C@@H](CCCCCCCCCCC)OC(=O)CCCCCCCCC)OC(=O)CCCCCCCCC. The summed E-state index contributed by atoms with van der Waals surface area (Å²) >= 11 is 0. The van der Waals surface area contributed by atoms with Gasteiger partial charge in [-0.3, -0.25) is 43.4 Å². The number of ether oxygens (including phenoxy) is 6. The minimum absolute atomic E-state index is 0.137. The van der Waals surface area contributed by atoms with E-state index in [2.05, 4.69) is 52.2 Å². The van der Waals surface area contributed by atoms with Crippen molar-refractivity contribution in [2.45, 2.75) is 463 Å². The van der Waals surface area contributed by atoms with Gasteiger partial charge in [0, 0.05) is 19.3 Å². The largest absolute Gasteiger partial charge is 0.470 e. The van der Waals surface area contributed by atoms with Crippen molar-refractivity contribution in [1.29, 1.82) is 0 Å². The number of nitrogens with one attached hydrogen (secondary N) is 2. The third kappa shape index (κ3) is 55.5. The number of amides is 3. The van der Waals surface area contributed by atoms with Gasteiger partial charge < -0.3 is 54.4 Å². The van der Waals surface area contributed by atoms with E-state index in [0.29, 0.717) is 57.8 Å². The molecule has 1 saturated heterocycles. The average molecular weight is 1490 g/mol. The molecular weight excluding hydrogens is 1330 g/mol. The maximum atomic E-state index is 14.8. The molecule has 22 heteroatoms. The number of carbonyl (C=O) groups excluding carboxylic acids is 7. The van der Waals surface area contributed by atoms with Gasteiger partial charge in [0.1, 0.15) is 42.6 Å². The molecule has 0 aromatic rings. The van der Waals surface area contributed by atoms with E-state index < -0.39 is 130 Å². The Hall–Kier alpha value is -3.56. The molecule has 0 spiro atoms. The van der Waals surface area contributed by atoms with E-state index in [0.717, 1.165) is 212 Å². The fourth-order valence-corrected chi connectivity index (χ4v) is 14.0. The van der Waals surface area contributed by atoms with Crippen LogP contribution in [0.3, 0.4) is 0 Å². The average Bonchev–Trinajstić information content (AvgIpc) is 0.781. The van der Waals surface area contributed by atoms with E-state index in [4.69, 9.17) is 38.7 Å². The number of aliphatic hydroxyl groups excluding tert-OH is 1. The van der Waals surface area contributed by atoms with Gasteiger partial charge in [-0.05, 0) is 57.8 Å². The Morgan fingerprint density at radius 2 is 0.709 bits per heavy atom. The Balaban J connectivity index is 3.76. The summed E-state index contributed by atoms with van der Waals surface area (Å²) in [5.41, 5.74) is 6.47. The highest BCUT2D eigenvalue weighted by atomic mass is 31.2. The normalized spacial score (nSPS) is 17.3. The molecule has 1 rings (SSSR count). The highest BCUT2D eigenvalue weighted by Gasteiger charge is 2.52. The number of phosphoric acid groups is 1. The first-order valence-corrected chi connectivity index (χ1v) is 43.7. The fourth-order valence-electron chi connectivity index (χ4n) is 13.4. The molecule has 103 heavy (non-hydrogen) atoms. The summed E-state index contributed by atoms with van der Waals surface area (Å²) < 4.78 is 54.8. The third-order valence-corrected chi connectivity index (χ3v) is 20.2. The molecule has 7 N–H and O–H groups in total. The van der Waals surface area contributed by atoms with Crippen molar-refractivity contribution >= 4 is 49.4 Å². The molecule has 1 aliphatic heterocycles. The zero-order valence-electron chi connectivity index (χ0n) is 65.9. The Morgan fingerprint density at radius 1 is 0.408 bits per heavy atom. The molecule has 0 aromatic heterocycles. The maximum Gasteiger partial charge on any atom is 0.470 e. The number of nitrogens with two attached hydrogens (primary N) is 1. The van der Waals surface area contributed by atoms with Crippen LogP contribution in [0.25, 0.3) is 0 Å². The Morgan fingerprint density at radius 3 is 1.03 bits per heavy atom. The second-order valence-corrected chi connectivity index (χ2v) is 30.8. The van der Waals surface area contributed by atoms with Crippen LogP contribution < -0.4 is 16.4 Å². The molecule has 0 unspecified atom stereocenters. The lowest BCUT2D eigenvalue weighted by Crippen LogP contribution is -2.66. The Bertz CT molecular complexity index is 2170. The van der Waals surface area contributed by atoms with Crippen molar-refractivity contribution in [1.82, 2.24) is 10.6 Å². The quantitative estimate of drug-likeness (QED) is 0.0143. The first kappa shape index (κ1) is 97.5. The molecule has 3 amide bonds. The van der Waals surface area contributed by atoms with Crippen LogP contribution in [0.15, 0.2) is 0 Å². The molecule has 0 bridgehead atoms. The summed E-state index contributed by atoms with van der Waals surface area (Å²) in [6.45, 7) is 11.3. The summed E-state index contributed by atoms with van der Waals surface area (Å²) in [5, 5.41) is 16.0. The zero-order valence-corrected chi connectivity index (χ0v) is 66.8. The van der Waals surface area contributed by atoms with Gasteiger partial charge in [0.25, 0.3) is 0 Å². The van der Waals surface area contributed by atoms with Gasteiger partial charge in [-0.1, -0.05) is 311 Å². The van der Waals surface area contributed by atoms with Crippen LogP contribution in [0.1, 0.15) is 408 Å². The number of rotatable bonds is 72. The number of imide groups is 1. The third-order valence-electron chi connectivity index (χ3n) is 19.7. The molecule has 604 valence electrons. The van der Waals surface area contributed by atoms with Crippen molar-refractivity contribution < 1.29 is 86.0 Å². The molecule has 1 heterocycles. The molecule has 0 radical (unpaired) electrons. The van der Waals surface area contributed by atoms with Crippen LogP contribution in [0.4, 0.5) is 0 Å². The van der Waals surface area contributed by atoms with Crippen molar-refractivity contribution in [3.05, 3.63) is 0 Å². The molecule has 0 aliphatic carbocycles. The highest BCUT2D eigenvalue weighted by molar-refractivity contribution is 7.46. The molecule has 0 aromatic carbocycles. The number of hydrogen-bond donors (Lipinski definition) is 6. The highest BCUT2D eigenvalue weighted by Crippen LogP contribution is 2.42. The fraction of sp³-hybridized carbons (Fsp3) is 0.914. The molecule has 0 saturated carbocycles. The van der Waals surface area contributed by atoms with Gasteiger partial charge >= 0.3 is 31.7 Å². The number of aliphatic hydroxyl groups is 1. The zero-order chi connectivity index (χ0) is 75.8. The van der Waals surface area contributed by atoms with Gasteiger partial charge in [0.2, 0.25) is 17.7 Å². The number of unbranched alkanes of at least 4 members (excludes halogenated alkanes) is 42. The van der Waals surface area contributed by atoms with E-state index in [1.54, 1.807) is 0 Å². The van der Waals surface area contributed by atoms with Gasteiger partial charge in [-0.2, -0.15) is 0 Å². The van der Waals surface area contributed by atoms with Crippen LogP contribution in [0.5, 0.6) is 0 Å². The van der Waals surface area contributed by atoms with Crippen molar-refractivity contribution in [3.8, 4) is 0 Å². The minimum atomic E-state index is -5.53. The summed E-state index contributed by atoms with van der Waals surface area (Å²) in [7, 11) is -5.53. The van der Waals surface area contributed by atoms with Crippen molar-refractivity contribution in [3.63, 3.8) is 0 Å². The van der Waals surface area contributed by atoms with E-state index in [1.165, 1.54) is 57.8 Å². The first-order chi connectivity index (χ1) is 49.8. The van der Waals surface area contributed by atoms with Gasteiger partial charge in [-0.25, -0.2) is 4.57 Å². The molecule has 9 atom stereocenters. The van der Waals surface area contributed by atoms with Crippen molar-refractivity contribution in [2.75, 3.05) is 13.2 Å². The van der Waals surface area contributed by atoms with Gasteiger partial charge in [0.15, 0.2) is 12.4 Å². The van der Waals surface area contributed by atoms with Crippen LogP contribution in [0.2, 0.25) is 0 Å². The summed E-state index contributed by atoms with van der Waals surface area (Å²) in [5.74, 6) is -4.83. The smallest absolute Gasteiger partial charge is 0.462 e. The lowest BCUT2D eigenvalue weighted by Gasteiger charge is -2.45. The summed E-state index contributed by atoms with van der Waals surface area (Å²) in [6.07, 6.45) is 39.3. The van der Waals surface area contributed by atoms with Crippen LogP contribution in [-0.2, 0) is 71.1 Å². The Labute approximate surface area is 624 Å². The number of phosphoric ester groups is 1. The standard InChI is InChI=1S/C81H152N3O18P/c1-7-13-19-25-31-34-40-43-49-55-66(97-73(88)58-52-46-37-28-22-16-10-4)61-71(86)83-77-79(101-76(91)63-68(57-51-45-42-36-33-27-21-15-9-3)99-75(90)60-54-48-39-30-24-18-12-6)78(102-103(93,94)95)70(64-85)100-81(77)96-65-69(82)80(92)84-72(87)62-67(56-50-44-41-35-32-26-20-14-8-2)98-74(89)59-53-47-38-29-23-17-11-5/h66-70,77-79,81,85H,7-65,82H2,1-6H3,(H,83,86)(H,84,87,92)(H2,93,94,95)/t66-,67-,68-,69+,70-,77-,78-,79-,81-/m1/s1. The maximum absolute atomic E-state index is 14.8. The van der Waals surface area contributed by atoms with E-state index in [1.807, 2.05) is 0 Å². The topological polar surface area (TPSA) is 312 Å². The minimum Gasteiger partial charge on any atom is -0.462 e. The number of carbonyl (C=O) groups is 7. The number of esters is 4.